The molecule has 2 aliphatic rings. The van der Waals surface area contributed by atoms with Gasteiger partial charge >= 0.3 is 11.9 Å². The molecule has 0 spiro atoms. The van der Waals surface area contributed by atoms with Crippen molar-refractivity contribution in [2.75, 3.05) is 26.2 Å². The number of rotatable bonds is 18. The molecule has 18 heteroatoms. The maximum Gasteiger partial charge on any atom is 0.326 e. The second-order valence-electron chi connectivity index (χ2n) is 11.9. The fourth-order valence-corrected chi connectivity index (χ4v) is 5.68. The summed E-state index contributed by atoms with van der Waals surface area (Å²) < 4.78 is 0. The lowest BCUT2D eigenvalue weighted by molar-refractivity contribution is -0.143. The second-order valence-corrected chi connectivity index (χ2v) is 11.9. The Kier molecular flexibility index (Phi) is 14.7. The lowest BCUT2D eigenvalue weighted by Gasteiger charge is -2.28. The Morgan fingerprint density at radius 1 is 0.918 bits per heavy atom. The number of carboxylic acids is 2. The number of hydrogen-bond donors (Lipinski definition) is 9. The molecule has 5 atom stereocenters. The molecule has 2 aliphatic heterocycles. The Hall–Kier alpha value is -5.26. The average Bonchev–Trinajstić information content (AvgIpc) is 3.77. The lowest BCUT2D eigenvalue weighted by atomic mass is 10.1. The van der Waals surface area contributed by atoms with Crippen LogP contribution in [0.4, 0.5) is 0 Å². The van der Waals surface area contributed by atoms with Crippen molar-refractivity contribution in [2.45, 2.75) is 81.6 Å². The second kappa shape index (κ2) is 18.9. The molecular formula is C31H45N9O9. The molecule has 0 aliphatic carbocycles. The van der Waals surface area contributed by atoms with Gasteiger partial charge in [-0.15, -0.1) is 0 Å². The van der Waals surface area contributed by atoms with Gasteiger partial charge in [0.25, 0.3) is 0 Å². The highest BCUT2D eigenvalue weighted by molar-refractivity contribution is 5.96. The first-order chi connectivity index (χ1) is 23.3. The van der Waals surface area contributed by atoms with E-state index in [1.807, 2.05) is 0 Å². The summed E-state index contributed by atoms with van der Waals surface area (Å²) in [5.74, 6) is -6.39. The number of carbonyl (C=O) groups is 7. The Bertz CT molecular complexity index is 1380. The van der Waals surface area contributed by atoms with Crippen molar-refractivity contribution < 1.29 is 43.8 Å². The van der Waals surface area contributed by atoms with Gasteiger partial charge in [-0.25, -0.2) is 4.79 Å². The zero-order chi connectivity index (χ0) is 35.9. The number of guanidine groups is 1. The summed E-state index contributed by atoms with van der Waals surface area (Å²) in [7, 11) is 0. The zero-order valence-electron chi connectivity index (χ0n) is 27.1. The Morgan fingerprint density at radius 3 is 2.29 bits per heavy atom. The van der Waals surface area contributed by atoms with Gasteiger partial charge in [-0.3, -0.25) is 33.8 Å². The van der Waals surface area contributed by atoms with Crippen LogP contribution in [0.2, 0.25) is 0 Å². The smallest absolute Gasteiger partial charge is 0.326 e. The predicted molar refractivity (Wildman–Crippen MR) is 175 cm³/mol. The molecule has 2 fully saturated rings. The van der Waals surface area contributed by atoms with Gasteiger partial charge in [0.2, 0.25) is 29.5 Å². The Balaban J connectivity index is 1.62. The number of aliphatic carboxylic acids is 2. The number of carbonyl (C=O) groups excluding carboxylic acids is 5. The quantitative estimate of drug-likeness (QED) is 0.0428. The van der Waals surface area contributed by atoms with Crippen LogP contribution in [-0.2, 0) is 40.0 Å². The van der Waals surface area contributed by atoms with Crippen LogP contribution >= 0.6 is 0 Å². The molecule has 0 aromatic heterocycles. The predicted octanol–water partition coefficient (Wildman–Crippen LogP) is -2.84. The summed E-state index contributed by atoms with van der Waals surface area (Å²) in [5, 5.41) is 31.6. The van der Waals surface area contributed by atoms with Crippen molar-refractivity contribution in [3.05, 3.63) is 35.9 Å². The number of nitrogens with two attached hydrogens (primary N) is 2. The van der Waals surface area contributed by atoms with E-state index in [4.69, 9.17) is 11.5 Å². The van der Waals surface area contributed by atoms with Crippen LogP contribution in [0.25, 0.3) is 0 Å². The molecule has 49 heavy (non-hydrogen) atoms. The van der Waals surface area contributed by atoms with E-state index < -0.39 is 72.7 Å². The third-order valence-corrected chi connectivity index (χ3v) is 8.13. The number of hydrogen-bond acceptors (Lipinski definition) is 9. The first kappa shape index (κ1) is 38.2. The van der Waals surface area contributed by atoms with E-state index >= 15 is 0 Å². The van der Waals surface area contributed by atoms with Crippen LogP contribution in [-0.4, -0.2) is 119 Å². The molecule has 268 valence electrons. The van der Waals surface area contributed by atoms with Crippen LogP contribution in [0.15, 0.2) is 35.3 Å². The topological polar surface area (TPSA) is 288 Å². The van der Waals surface area contributed by atoms with E-state index in [9.17, 15) is 43.8 Å². The monoisotopic (exact) mass is 687 g/mol. The van der Waals surface area contributed by atoms with Gasteiger partial charge in [-0.1, -0.05) is 30.3 Å². The van der Waals surface area contributed by atoms with Gasteiger partial charge in [0.15, 0.2) is 5.96 Å². The highest BCUT2D eigenvalue weighted by Gasteiger charge is 2.39. The van der Waals surface area contributed by atoms with Gasteiger partial charge < -0.3 is 53.2 Å². The number of nitrogens with zero attached hydrogens (tertiary/aromatic N) is 2. The van der Waals surface area contributed by atoms with Gasteiger partial charge in [0, 0.05) is 19.5 Å². The first-order valence-corrected chi connectivity index (χ1v) is 16.1. The van der Waals surface area contributed by atoms with E-state index in [1.165, 1.54) is 4.90 Å². The molecule has 3 rings (SSSR count). The molecule has 1 aromatic rings. The van der Waals surface area contributed by atoms with Crippen molar-refractivity contribution in [3.63, 3.8) is 0 Å². The summed E-state index contributed by atoms with van der Waals surface area (Å²) in [5.41, 5.74) is 11.4. The fraction of sp³-hybridized carbons (Fsp3) is 0.548. The van der Waals surface area contributed by atoms with E-state index in [-0.39, 0.29) is 43.7 Å². The minimum Gasteiger partial charge on any atom is -0.481 e. The van der Waals surface area contributed by atoms with E-state index in [1.54, 1.807) is 30.3 Å². The molecule has 0 saturated carbocycles. The van der Waals surface area contributed by atoms with Crippen molar-refractivity contribution in [2.24, 2.45) is 16.5 Å². The van der Waals surface area contributed by atoms with Crippen molar-refractivity contribution >= 4 is 47.4 Å². The van der Waals surface area contributed by atoms with E-state index in [2.05, 4.69) is 31.6 Å². The van der Waals surface area contributed by atoms with Gasteiger partial charge in [0.1, 0.15) is 24.2 Å². The molecule has 2 saturated heterocycles. The fourth-order valence-electron chi connectivity index (χ4n) is 5.68. The number of benzene rings is 1. The maximum atomic E-state index is 13.3. The largest absolute Gasteiger partial charge is 0.481 e. The summed E-state index contributed by atoms with van der Waals surface area (Å²) in [6, 6.07) is 3.08. The minimum atomic E-state index is -1.66. The highest BCUT2D eigenvalue weighted by Crippen LogP contribution is 2.21. The summed E-state index contributed by atoms with van der Waals surface area (Å²) >= 11 is 0. The van der Waals surface area contributed by atoms with Crippen molar-refractivity contribution in [3.8, 4) is 0 Å². The molecule has 2 heterocycles. The average molecular weight is 688 g/mol. The minimum absolute atomic E-state index is 0.0723. The summed E-state index contributed by atoms with van der Waals surface area (Å²) in [4.78, 5) is 94.0. The van der Waals surface area contributed by atoms with Crippen LogP contribution in [0, 0.1) is 0 Å². The third-order valence-electron chi connectivity index (χ3n) is 8.13. The standard InChI is InChI=1S/C31H45N9O9/c32-31(33)35-13-4-9-19(38-28(46)23-11-6-14-40(23)29(47)20-10-5-12-34-20)26(44)36-17-24(41)37-21(16-25(42)43)27(45)39-22(30(48)49)15-18-7-2-1-3-8-18/h1-3,7-8,19-23,34H,4-6,9-17H2,(H,36,44)(H,37,41)(H,38,46)(H,39,45)(H,42,43)(H,48,49)(H4,32,33,35). The maximum absolute atomic E-state index is 13.3. The number of likely N-dealkylation sites (tertiary alicyclic amines) is 1. The molecule has 0 bridgehead atoms. The van der Waals surface area contributed by atoms with Crippen LogP contribution in [0.5, 0.6) is 0 Å². The van der Waals surface area contributed by atoms with E-state index in [0.29, 0.717) is 37.9 Å². The van der Waals surface area contributed by atoms with E-state index in [0.717, 1.165) is 6.42 Å². The SMILES string of the molecule is NC(N)=NCCCC(NC(=O)C1CCCN1C(=O)C1CCCN1)C(=O)NCC(=O)NC(CC(=O)O)C(=O)NC(Cc1ccccc1)C(=O)O. The zero-order valence-corrected chi connectivity index (χ0v) is 27.1. The molecule has 11 N–H and O–H groups in total. The molecule has 5 amide bonds. The van der Waals surface area contributed by atoms with Crippen molar-refractivity contribution in [1.82, 2.24) is 31.5 Å². The summed E-state index contributed by atoms with van der Waals surface area (Å²) in [6.07, 6.45) is 1.94. The van der Waals surface area contributed by atoms with Crippen molar-refractivity contribution in [1.29, 1.82) is 0 Å². The molecular weight excluding hydrogens is 642 g/mol. The Morgan fingerprint density at radius 2 is 1.65 bits per heavy atom. The molecule has 18 nitrogen and oxygen atoms in total. The van der Waals surface area contributed by atoms with Gasteiger partial charge in [-0.05, 0) is 50.6 Å². The Labute approximate surface area is 282 Å². The van der Waals surface area contributed by atoms with Crippen LogP contribution in [0.1, 0.15) is 50.5 Å². The highest BCUT2D eigenvalue weighted by atomic mass is 16.4. The lowest BCUT2D eigenvalue weighted by Crippen LogP contribution is -2.56. The van der Waals surface area contributed by atoms with Crippen LogP contribution < -0.4 is 38.1 Å². The number of nitrogens with one attached hydrogen (secondary N) is 5. The molecule has 0 radical (unpaired) electrons. The third kappa shape index (κ3) is 12.4. The van der Waals surface area contributed by atoms with Crippen LogP contribution in [0.3, 0.4) is 0 Å². The number of carboxylic acid groups (broad SMARTS) is 2. The van der Waals surface area contributed by atoms with Gasteiger partial charge in [0.05, 0.1) is 19.0 Å². The number of amides is 5. The first-order valence-electron chi connectivity index (χ1n) is 16.1. The summed E-state index contributed by atoms with van der Waals surface area (Å²) in [6.45, 7) is 0.570. The van der Waals surface area contributed by atoms with Gasteiger partial charge in [-0.2, -0.15) is 0 Å². The number of aliphatic imine (C=N–C) groups is 1. The molecule has 1 aromatic carbocycles. The molecule has 5 unspecified atom stereocenters. The normalized spacial score (nSPS) is 18.7.